The van der Waals surface area contributed by atoms with Crippen LogP contribution in [0.2, 0.25) is 0 Å². The van der Waals surface area contributed by atoms with Crippen LogP contribution in [0.3, 0.4) is 0 Å². The van der Waals surface area contributed by atoms with Crippen LogP contribution >= 0.6 is 0 Å². The van der Waals surface area contributed by atoms with Crippen molar-refractivity contribution < 1.29 is 32.4 Å². The Morgan fingerprint density at radius 1 is 1.56 bits per heavy atom. The van der Waals surface area contributed by atoms with Crippen molar-refractivity contribution >= 4 is 11.9 Å². The summed E-state index contributed by atoms with van der Waals surface area (Å²) in [6.07, 6.45) is -6.12. The van der Waals surface area contributed by atoms with Crippen LogP contribution < -0.4 is 5.32 Å². The Labute approximate surface area is 98.8 Å². The van der Waals surface area contributed by atoms with Crippen LogP contribution in [-0.4, -0.2) is 34.4 Å². The molecule has 2 N–H and O–H groups in total. The van der Waals surface area contributed by atoms with Crippen LogP contribution in [0.25, 0.3) is 0 Å². The summed E-state index contributed by atoms with van der Waals surface area (Å²) in [6, 6.07) is -1.34. The highest BCUT2D eigenvalue weighted by atomic mass is 19.4. The number of aryl methyl sites for hydroxylation is 1. The average molecular weight is 266 g/mol. The average Bonchev–Trinajstić information content (AvgIpc) is 2.61. The molecular weight excluding hydrogens is 257 g/mol. The van der Waals surface area contributed by atoms with Crippen LogP contribution in [0, 0.1) is 6.92 Å². The van der Waals surface area contributed by atoms with Crippen LogP contribution in [-0.2, 0) is 4.79 Å². The first kappa shape index (κ1) is 14.0. The highest BCUT2D eigenvalue weighted by Crippen LogP contribution is 2.23. The number of nitrogens with one attached hydrogen (secondary N) is 1. The summed E-state index contributed by atoms with van der Waals surface area (Å²) < 4.78 is 41.8. The SMILES string of the molecule is Cc1cc(C(=O)NC(CC(=O)O)C(F)(F)F)on1. The van der Waals surface area contributed by atoms with Crippen molar-refractivity contribution in [1.82, 2.24) is 10.5 Å². The fraction of sp³-hybridized carbons (Fsp3) is 0.444. The van der Waals surface area contributed by atoms with E-state index in [4.69, 9.17) is 5.11 Å². The first-order valence-electron chi connectivity index (χ1n) is 4.73. The highest BCUT2D eigenvalue weighted by molar-refractivity contribution is 5.91. The van der Waals surface area contributed by atoms with Gasteiger partial charge in [-0.1, -0.05) is 5.16 Å². The third-order valence-corrected chi connectivity index (χ3v) is 1.93. The molecule has 0 saturated heterocycles. The Kier molecular flexibility index (Phi) is 3.94. The van der Waals surface area contributed by atoms with Crippen molar-refractivity contribution in [2.45, 2.75) is 25.6 Å². The largest absolute Gasteiger partial charge is 0.481 e. The van der Waals surface area contributed by atoms with E-state index in [0.29, 0.717) is 5.69 Å². The molecule has 100 valence electrons. The van der Waals surface area contributed by atoms with E-state index in [1.54, 1.807) is 0 Å². The molecule has 0 saturated carbocycles. The molecule has 0 spiro atoms. The van der Waals surface area contributed by atoms with Gasteiger partial charge in [0, 0.05) is 6.07 Å². The van der Waals surface area contributed by atoms with E-state index in [0.717, 1.165) is 6.07 Å². The van der Waals surface area contributed by atoms with E-state index in [1.807, 2.05) is 0 Å². The topological polar surface area (TPSA) is 92.4 Å². The molecule has 18 heavy (non-hydrogen) atoms. The van der Waals surface area contributed by atoms with E-state index in [1.165, 1.54) is 12.2 Å². The van der Waals surface area contributed by atoms with Gasteiger partial charge in [0.15, 0.2) is 0 Å². The van der Waals surface area contributed by atoms with Gasteiger partial charge in [-0.3, -0.25) is 9.59 Å². The predicted molar refractivity (Wildman–Crippen MR) is 50.8 cm³/mol. The summed E-state index contributed by atoms with van der Waals surface area (Å²) in [7, 11) is 0. The monoisotopic (exact) mass is 266 g/mol. The summed E-state index contributed by atoms with van der Waals surface area (Å²) in [5.74, 6) is -3.25. The van der Waals surface area contributed by atoms with Gasteiger partial charge in [0.25, 0.3) is 5.91 Å². The zero-order valence-corrected chi connectivity index (χ0v) is 9.11. The Hall–Kier alpha value is -2.06. The lowest BCUT2D eigenvalue weighted by atomic mass is 10.2. The summed E-state index contributed by atoms with van der Waals surface area (Å²) >= 11 is 0. The smallest absolute Gasteiger partial charge is 0.409 e. The second kappa shape index (κ2) is 5.07. The number of alkyl halides is 3. The van der Waals surface area contributed by atoms with Crippen molar-refractivity contribution in [3.05, 3.63) is 17.5 Å². The van der Waals surface area contributed by atoms with Crippen molar-refractivity contribution in [2.24, 2.45) is 0 Å². The number of aliphatic carboxylic acids is 1. The lowest BCUT2D eigenvalue weighted by molar-refractivity contribution is -0.165. The van der Waals surface area contributed by atoms with Gasteiger partial charge < -0.3 is 14.9 Å². The van der Waals surface area contributed by atoms with Gasteiger partial charge in [0.1, 0.15) is 6.04 Å². The molecule has 0 fully saturated rings. The molecule has 0 aromatic carbocycles. The first-order chi connectivity index (χ1) is 8.20. The van der Waals surface area contributed by atoms with Crippen molar-refractivity contribution in [2.75, 3.05) is 0 Å². The van der Waals surface area contributed by atoms with Crippen molar-refractivity contribution in [3.63, 3.8) is 0 Å². The third-order valence-electron chi connectivity index (χ3n) is 1.93. The van der Waals surface area contributed by atoms with E-state index >= 15 is 0 Å². The second-order valence-electron chi connectivity index (χ2n) is 3.50. The van der Waals surface area contributed by atoms with Crippen LogP contribution in [0.5, 0.6) is 0 Å². The van der Waals surface area contributed by atoms with Crippen LogP contribution in [0.4, 0.5) is 13.2 Å². The quantitative estimate of drug-likeness (QED) is 0.851. The Morgan fingerprint density at radius 2 is 2.17 bits per heavy atom. The number of nitrogens with zero attached hydrogens (tertiary/aromatic N) is 1. The highest BCUT2D eigenvalue weighted by Gasteiger charge is 2.42. The second-order valence-corrected chi connectivity index (χ2v) is 3.50. The van der Waals surface area contributed by atoms with Crippen LogP contribution in [0.1, 0.15) is 22.7 Å². The molecule has 0 radical (unpaired) electrons. The van der Waals surface area contributed by atoms with Crippen molar-refractivity contribution in [3.8, 4) is 0 Å². The number of carbonyl (C=O) groups is 2. The lowest BCUT2D eigenvalue weighted by Gasteiger charge is -2.18. The number of carboxylic acid groups (broad SMARTS) is 1. The molecule has 6 nitrogen and oxygen atoms in total. The molecule has 1 aromatic rings. The maximum atomic E-state index is 12.4. The van der Waals surface area contributed by atoms with E-state index in [9.17, 15) is 22.8 Å². The fourth-order valence-electron chi connectivity index (χ4n) is 1.12. The zero-order valence-electron chi connectivity index (χ0n) is 9.11. The number of hydrogen-bond acceptors (Lipinski definition) is 4. The third kappa shape index (κ3) is 3.75. The molecule has 0 aliphatic carbocycles. The molecule has 9 heteroatoms. The molecule has 0 aliphatic rings. The van der Waals surface area contributed by atoms with Gasteiger partial charge in [-0.05, 0) is 6.92 Å². The first-order valence-corrected chi connectivity index (χ1v) is 4.73. The molecule has 1 atom stereocenters. The van der Waals surface area contributed by atoms with Gasteiger partial charge in [-0.25, -0.2) is 0 Å². The normalized spacial score (nSPS) is 13.1. The molecule has 1 aromatic heterocycles. The summed E-state index contributed by atoms with van der Waals surface area (Å²) in [4.78, 5) is 21.7. The number of aromatic nitrogens is 1. The summed E-state index contributed by atoms with van der Waals surface area (Å²) in [5.41, 5.74) is 0.321. The molecule has 0 aliphatic heterocycles. The van der Waals surface area contributed by atoms with E-state index in [-0.39, 0.29) is 0 Å². The molecule has 1 amide bonds. The van der Waals surface area contributed by atoms with E-state index < -0.39 is 36.3 Å². The van der Waals surface area contributed by atoms with Gasteiger partial charge in [-0.2, -0.15) is 13.2 Å². The number of amides is 1. The molecule has 1 heterocycles. The minimum absolute atomic E-state index is 0.321. The molecule has 0 bridgehead atoms. The Bertz CT molecular complexity index is 455. The van der Waals surface area contributed by atoms with Gasteiger partial charge in [0.2, 0.25) is 5.76 Å². The lowest BCUT2D eigenvalue weighted by Crippen LogP contribution is -2.46. The van der Waals surface area contributed by atoms with Crippen molar-refractivity contribution in [1.29, 1.82) is 0 Å². The number of carboxylic acids is 1. The number of hydrogen-bond donors (Lipinski definition) is 2. The maximum absolute atomic E-state index is 12.4. The van der Waals surface area contributed by atoms with Gasteiger partial charge >= 0.3 is 12.1 Å². The minimum Gasteiger partial charge on any atom is -0.481 e. The maximum Gasteiger partial charge on any atom is 0.409 e. The van der Waals surface area contributed by atoms with Crippen LogP contribution in [0.15, 0.2) is 10.6 Å². The minimum atomic E-state index is -4.86. The zero-order chi connectivity index (χ0) is 13.9. The Morgan fingerprint density at radius 3 is 2.56 bits per heavy atom. The molecule has 1 unspecified atom stereocenters. The number of rotatable bonds is 4. The number of halogens is 3. The standard InChI is InChI=1S/C9H9F3N2O4/c1-4-2-5(18-14-4)8(17)13-6(3-7(15)16)9(10,11)12/h2,6H,3H2,1H3,(H,13,17)(H,15,16). The molecular formula is C9H9F3N2O4. The van der Waals surface area contributed by atoms with Gasteiger partial charge in [0.05, 0.1) is 12.1 Å². The predicted octanol–water partition coefficient (Wildman–Crippen LogP) is 1.12. The number of carbonyl (C=O) groups excluding carboxylic acids is 1. The van der Waals surface area contributed by atoms with Gasteiger partial charge in [-0.15, -0.1) is 0 Å². The summed E-state index contributed by atoms with van der Waals surface area (Å²) in [6.45, 7) is 1.48. The fourth-order valence-corrected chi connectivity index (χ4v) is 1.12. The summed E-state index contributed by atoms with van der Waals surface area (Å²) in [5, 5.41) is 13.2. The Balaban J connectivity index is 2.78. The molecule has 1 rings (SSSR count). The van der Waals surface area contributed by atoms with E-state index in [2.05, 4.69) is 9.68 Å².